The number of fused-ring (bicyclic) bond motifs is 5. The molecule has 0 bridgehead atoms. The topological polar surface area (TPSA) is 104 Å². The predicted molar refractivity (Wildman–Crippen MR) is 121 cm³/mol. The standard InChI is InChI=1S/C25H20ClN3O4/c1-3-15(12-27)10-9-14(2)25-19(16-7-5-4-6-8-16)20-22(32-23(30)29-20)24(25,31)21-18(33-25)11-17(26)13-28-21/h3-11,13,19-20,22,31H,2H2,1H3,(H,29,30)/b10-9-,15-3+/t19-,20-,22-,24+,25+/m1/s1. The number of nitrogens with zero attached hydrogens (tertiary/aromatic N) is 2. The molecule has 1 amide bonds. The molecule has 2 aliphatic heterocycles. The largest absolute Gasteiger partial charge is 0.476 e. The van der Waals surface area contributed by atoms with Gasteiger partial charge in [0.15, 0.2) is 17.3 Å². The number of benzene rings is 1. The van der Waals surface area contributed by atoms with Crippen LogP contribution in [0.5, 0.6) is 5.75 Å². The fourth-order valence-corrected chi connectivity index (χ4v) is 5.42. The Hall–Kier alpha value is -3.60. The third kappa shape index (κ3) is 2.78. The summed E-state index contributed by atoms with van der Waals surface area (Å²) in [6.07, 6.45) is 4.72. The number of alkyl carbamates (subject to hydrolysis) is 1. The number of allylic oxidation sites excluding steroid dienone is 3. The van der Waals surface area contributed by atoms with Crippen molar-refractivity contribution in [2.75, 3.05) is 0 Å². The summed E-state index contributed by atoms with van der Waals surface area (Å²) >= 11 is 6.18. The molecule has 5 rings (SSSR count). The minimum atomic E-state index is -1.86. The third-order valence-corrected chi connectivity index (χ3v) is 6.82. The number of halogens is 1. The molecule has 2 aromatic rings. The van der Waals surface area contributed by atoms with Crippen molar-refractivity contribution >= 4 is 17.7 Å². The van der Waals surface area contributed by atoms with E-state index in [9.17, 15) is 15.2 Å². The van der Waals surface area contributed by atoms with Crippen molar-refractivity contribution in [3.63, 3.8) is 0 Å². The third-order valence-electron chi connectivity index (χ3n) is 6.61. The van der Waals surface area contributed by atoms with Gasteiger partial charge in [0.2, 0.25) is 0 Å². The summed E-state index contributed by atoms with van der Waals surface area (Å²) in [6.45, 7) is 6.00. The van der Waals surface area contributed by atoms with E-state index in [0.29, 0.717) is 16.2 Å². The van der Waals surface area contributed by atoms with Crippen LogP contribution < -0.4 is 10.1 Å². The van der Waals surface area contributed by atoms with E-state index in [2.05, 4.69) is 22.9 Å². The molecule has 5 atom stereocenters. The first-order valence-electron chi connectivity index (χ1n) is 10.4. The lowest BCUT2D eigenvalue weighted by molar-refractivity contribution is -0.125. The molecule has 7 nitrogen and oxygen atoms in total. The van der Waals surface area contributed by atoms with Crippen LogP contribution >= 0.6 is 11.6 Å². The van der Waals surface area contributed by atoms with E-state index in [1.807, 2.05) is 30.3 Å². The van der Waals surface area contributed by atoms with Gasteiger partial charge in [0.05, 0.1) is 23.1 Å². The summed E-state index contributed by atoms with van der Waals surface area (Å²) in [5, 5.41) is 24.9. The average Bonchev–Trinajstić information content (AvgIpc) is 3.37. The highest BCUT2D eigenvalue weighted by Gasteiger charge is 2.80. The number of aliphatic hydroxyl groups is 1. The Balaban J connectivity index is 1.77. The van der Waals surface area contributed by atoms with E-state index < -0.39 is 35.4 Å². The Kier molecular flexibility index (Phi) is 4.82. The number of nitriles is 1. The van der Waals surface area contributed by atoms with Gasteiger partial charge in [-0.3, -0.25) is 4.98 Å². The molecule has 2 fully saturated rings. The molecule has 33 heavy (non-hydrogen) atoms. The number of nitrogens with one attached hydrogen (secondary N) is 1. The van der Waals surface area contributed by atoms with Gasteiger partial charge < -0.3 is 19.9 Å². The summed E-state index contributed by atoms with van der Waals surface area (Å²) in [4.78, 5) is 16.7. The van der Waals surface area contributed by atoms with E-state index in [1.54, 1.807) is 31.2 Å². The second kappa shape index (κ2) is 7.48. The molecule has 1 aliphatic carbocycles. The van der Waals surface area contributed by atoms with E-state index in [0.717, 1.165) is 5.56 Å². The number of carbonyl (C=O) groups is 1. The smallest absolute Gasteiger partial charge is 0.407 e. The minimum absolute atomic E-state index is 0.220. The number of aromatic nitrogens is 1. The van der Waals surface area contributed by atoms with Crippen molar-refractivity contribution in [2.45, 2.75) is 36.2 Å². The van der Waals surface area contributed by atoms with Crippen LogP contribution in [0, 0.1) is 11.3 Å². The molecule has 2 N–H and O–H groups in total. The first-order chi connectivity index (χ1) is 15.9. The number of ether oxygens (including phenoxy) is 2. The molecule has 3 aliphatic rings. The zero-order valence-electron chi connectivity index (χ0n) is 17.7. The summed E-state index contributed by atoms with van der Waals surface area (Å²) in [5.41, 5.74) is -1.49. The molecule has 1 aromatic carbocycles. The molecule has 1 saturated carbocycles. The lowest BCUT2D eigenvalue weighted by atomic mass is 9.72. The summed E-state index contributed by atoms with van der Waals surface area (Å²) in [6, 6.07) is 12.5. The van der Waals surface area contributed by atoms with Gasteiger partial charge in [0.1, 0.15) is 11.4 Å². The van der Waals surface area contributed by atoms with Crippen LogP contribution in [0.3, 0.4) is 0 Å². The van der Waals surface area contributed by atoms with Crippen LogP contribution in [0.2, 0.25) is 5.02 Å². The first kappa shape index (κ1) is 21.3. The fraction of sp³-hybridized carbons (Fsp3) is 0.240. The van der Waals surface area contributed by atoms with Gasteiger partial charge in [-0.2, -0.15) is 5.26 Å². The lowest BCUT2D eigenvalue weighted by Crippen LogP contribution is -2.56. The van der Waals surface area contributed by atoms with Crippen molar-refractivity contribution in [2.24, 2.45) is 0 Å². The van der Waals surface area contributed by atoms with E-state index in [4.69, 9.17) is 21.1 Å². The average molecular weight is 462 g/mol. The maximum atomic E-state index is 12.4. The van der Waals surface area contributed by atoms with Crippen LogP contribution in [0.15, 0.2) is 78.5 Å². The zero-order chi connectivity index (χ0) is 23.4. The van der Waals surface area contributed by atoms with Crippen molar-refractivity contribution in [1.29, 1.82) is 5.26 Å². The van der Waals surface area contributed by atoms with Crippen LogP contribution in [0.4, 0.5) is 4.79 Å². The minimum Gasteiger partial charge on any atom is -0.476 e. The van der Waals surface area contributed by atoms with E-state index in [1.165, 1.54) is 6.20 Å². The van der Waals surface area contributed by atoms with Crippen LogP contribution in [0.25, 0.3) is 0 Å². The van der Waals surface area contributed by atoms with Crippen molar-refractivity contribution in [3.8, 4) is 11.8 Å². The van der Waals surface area contributed by atoms with Crippen molar-refractivity contribution in [1.82, 2.24) is 10.3 Å². The number of rotatable bonds is 4. The van der Waals surface area contributed by atoms with Crippen molar-refractivity contribution < 1.29 is 19.4 Å². The quantitative estimate of drug-likeness (QED) is 0.528. The Morgan fingerprint density at radius 3 is 2.82 bits per heavy atom. The highest BCUT2D eigenvalue weighted by atomic mass is 35.5. The highest BCUT2D eigenvalue weighted by molar-refractivity contribution is 6.30. The van der Waals surface area contributed by atoms with E-state index >= 15 is 0 Å². The maximum absolute atomic E-state index is 12.4. The second-order valence-electron chi connectivity index (χ2n) is 8.20. The number of pyridine rings is 1. The van der Waals surface area contributed by atoms with Gasteiger partial charge in [-0.1, -0.05) is 60.7 Å². The van der Waals surface area contributed by atoms with Gasteiger partial charge in [0.25, 0.3) is 0 Å². The maximum Gasteiger partial charge on any atom is 0.407 e. The van der Waals surface area contributed by atoms with Gasteiger partial charge >= 0.3 is 6.09 Å². The Morgan fingerprint density at radius 2 is 2.12 bits per heavy atom. The molecular weight excluding hydrogens is 442 g/mol. The van der Waals surface area contributed by atoms with Gasteiger partial charge in [0, 0.05) is 17.8 Å². The fourth-order valence-electron chi connectivity index (χ4n) is 5.27. The number of hydrogen-bond acceptors (Lipinski definition) is 6. The number of hydrogen-bond donors (Lipinski definition) is 2. The van der Waals surface area contributed by atoms with Crippen LogP contribution in [-0.4, -0.2) is 33.9 Å². The Morgan fingerprint density at radius 1 is 1.36 bits per heavy atom. The second-order valence-corrected chi connectivity index (χ2v) is 8.64. The lowest BCUT2D eigenvalue weighted by Gasteiger charge is -2.41. The molecule has 166 valence electrons. The molecule has 8 heteroatoms. The van der Waals surface area contributed by atoms with Crippen molar-refractivity contribution in [3.05, 3.63) is 94.8 Å². The Labute approximate surface area is 195 Å². The normalized spacial score (nSPS) is 31.8. The van der Waals surface area contributed by atoms with Gasteiger partial charge in [-0.05, 0) is 24.1 Å². The summed E-state index contributed by atoms with van der Waals surface area (Å²) in [5.74, 6) is -0.296. The van der Waals surface area contributed by atoms with E-state index in [-0.39, 0.29) is 11.4 Å². The Bertz CT molecular complexity index is 1270. The van der Waals surface area contributed by atoms with Gasteiger partial charge in [-0.15, -0.1) is 0 Å². The zero-order valence-corrected chi connectivity index (χ0v) is 18.4. The monoisotopic (exact) mass is 461 g/mol. The molecule has 0 radical (unpaired) electrons. The predicted octanol–water partition coefficient (Wildman–Crippen LogP) is 3.91. The molecule has 3 heterocycles. The molecule has 1 saturated heterocycles. The number of carbonyl (C=O) groups excluding carboxylic acids is 1. The molecule has 1 aromatic heterocycles. The van der Waals surface area contributed by atoms with Crippen LogP contribution in [-0.2, 0) is 10.3 Å². The molecule has 0 unspecified atom stereocenters. The highest BCUT2D eigenvalue weighted by Crippen LogP contribution is 2.65. The number of amides is 1. The first-order valence-corrected chi connectivity index (χ1v) is 10.8. The van der Waals surface area contributed by atoms with Gasteiger partial charge in [-0.25, -0.2) is 4.79 Å². The molecular formula is C25H20ClN3O4. The SMILES string of the molecule is C=C(/C=C\C(C#N)=C/C)[C@@]12Oc3cc(Cl)cnc3[C@]1(O)[C@@H]1OC(=O)N[C@@H]1[C@H]2c1ccccc1. The van der Waals surface area contributed by atoms with Crippen LogP contribution in [0.1, 0.15) is 24.1 Å². The molecule has 0 spiro atoms. The summed E-state index contributed by atoms with van der Waals surface area (Å²) < 4.78 is 12.1. The summed E-state index contributed by atoms with van der Waals surface area (Å²) in [7, 11) is 0.